The molecular formula is C15H24N2OS. The molecule has 0 aliphatic rings. The fourth-order valence-electron chi connectivity index (χ4n) is 2.10. The van der Waals surface area contributed by atoms with Gasteiger partial charge in [-0.2, -0.15) is 0 Å². The van der Waals surface area contributed by atoms with E-state index in [9.17, 15) is 4.79 Å². The second-order valence-electron chi connectivity index (χ2n) is 5.22. The zero-order valence-electron chi connectivity index (χ0n) is 12.0. The first kappa shape index (κ1) is 16.1. The lowest BCUT2D eigenvalue weighted by Gasteiger charge is -2.16. The van der Waals surface area contributed by atoms with E-state index in [-0.39, 0.29) is 11.8 Å². The maximum absolute atomic E-state index is 12.0. The van der Waals surface area contributed by atoms with Gasteiger partial charge in [0.05, 0.1) is 0 Å². The van der Waals surface area contributed by atoms with Crippen LogP contribution < -0.4 is 11.1 Å². The molecule has 0 radical (unpaired) electrons. The third-order valence-electron chi connectivity index (χ3n) is 2.97. The highest BCUT2D eigenvalue weighted by molar-refractivity contribution is 7.98. The fraction of sp³-hybridized carbons (Fsp3) is 0.533. The zero-order valence-corrected chi connectivity index (χ0v) is 12.8. The molecule has 3 nitrogen and oxygen atoms in total. The van der Waals surface area contributed by atoms with Crippen LogP contribution in [-0.4, -0.2) is 18.7 Å². The van der Waals surface area contributed by atoms with Gasteiger partial charge < -0.3 is 11.1 Å². The van der Waals surface area contributed by atoms with Crippen LogP contribution in [0.3, 0.4) is 0 Å². The first-order valence-corrected chi connectivity index (χ1v) is 7.91. The second kappa shape index (κ2) is 8.23. The van der Waals surface area contributed by atoms with Crippen LogP contribution in [0.25, 0.3) is 0 Å². The van der Waals surface area contributed by atoms with E-state index < -0.39 is 0 Å². The Labute approximate surface area is 120 Å². The minimum atomic E-state index is 0.0503. The Morgan fingerprint density at radius 2 is 2.16 bits per heavy atom. The van der Waals surface area contributed by atoms with Crippen molar-refractivity contribution in [2.24, 2.45) is 17.6 Å². The van der Waals surface area contributed by atoms with Gasteiger partial charge in [0.1, 0.15) is 0 Å². The van der Waals surface area contributed by atoms with E-state index in [2.05, 4.69) is 19.2 Å². The molecule has 0 aliphatic heterocycles. The molecule has 1 rings (SSSR count). The van der Waals surface area contributed by atoms with Crippen LogP contribution in [0, 0.1) is 11.8 Å². The van der Waals surface area contributed by atoms with Crippen molar-refractivity contribution in [2.45, 2.75) is 31.6 Å². The summed E-state index contributed by atoms with van der Waals surface area (Å²) in [6, 6.07) is 7.89. The molecule has 106 valence electrons. The van der Waals surface area contributed by atoms with Gasteiger partial charge in [-0.05, 0) is 49.3 Å². The number of rotatable bonds is 7. The van der Waals surface area contributed by atoms with Crippen LogP contribution >= 0.6 is 11.8 Å². The smallest absolute Gasteiger partial charge is 0.224 e. The summed E-state index contributed by atoms with van der Waals surface area (Å²) in [5, 5.41) is 2.95. The van der Waals surface area contributed by atoms with Gasteiger partial charge in [-0.3, -0.25) is 4.79 Å². The Balaban J connectivity index is 2.53. The molecule has 0 bridgehead atoms. The second-order valence-corrected chi connectivity index (χ2v) is 6.10. The molecule has 0 saturated carbocycles. The van der Waals surface area contributed by atoms with Crippen LogP contribution in [-0.2, 0) is 4.79 Å². The van der Waals surface area contributed by atoms with E-state index in [0.29, 0.717) is 18.9 Å². The summed E-state index contributed by atoms with van der Waals surface area (Å²) in [5.41, 5.74) is 6.58. The minimum absolute atomic E-state index is 0.0503. The highest BCUT2D eigenvalue weighted by atomic mass is 32.2. The van der Waals surface area contributed by atoms with Crippen molar-refractivity contribution in [3.05, 3.63) is 24.3 Å². The van der Waals surface area contributed by atoms with Gasteiger partial charge in [-0.25, -0.2) is 0 Å². The Bertz CT molecular complexity index is 407. The highest BCUT2D eigenvalue weighted by Crippen LogP contribution is 2.20. The van der Waals surface area contributed by atoms with Gasteiger partial charge in [0.25, 0.3) is 0 Å². The molecule has 0 aromatic heterocycles. The Hall–Kier alpha value is -1.00. The predicted molar refractivity (Wildman–Crippen MR) is 83.5 cm³/mol. The van der Waals surface area contributed by atoms with Gasteiger partial charge in [0.2, 0.25) is 5.91 Å². The van der Waals surface area contributed by atoms with Gasteiger partial charge in [-0.1, -0.05) is 19.9 Å². The molecule has 0 spiro atoms. The average molecular weight is 280 g/mol. The van der Waals surface area contributed by atoms with E-state index in [4.69, 9.17) is 5.73 Å². The largest absolute Gasteiger partial charge is 0.330 e. The number of nitrogens with two attached hydrogens (primary N) is 1. The van der Waals surface area contributed by atoms with E-state index in [0.717, 1.165) is 17.0 Å². The lowest BCUT2D eigenvalue weighted by molar-refractivity contribution is -0.117. The number of anilines is 1. The number of hydrogen-bond donors (Lipinski definition) is 2. The maximum atomic E-state index is 12.0. The Kier molecular flexibility index (Phi) is 6.95. The highest BCUT2D eigenvalue weighted by Gasteiger charge is 2.14. The van der Waals surface area contributed by atoms with Crippen molar-refractivity contribution in [2.75, 3.05) is 18.1 Å². The first-order chi connectivity index (χ1) is 9.05. The van der Waals surface area contributed by atoms with Crippen molar-refractivity contribution < 1.29 is 4.79 Å². The first-order valence-electron chi connectivity index (χ1n) is 6.69. The fourth-order valence-corrected chi connectivity index (χ4v) is 2.56. The third-order valence-corrected chi connectivity index (χ3v) is 3.69. The molecule has 1 amide bonds. The van der Waals surface area contributed by atoms with Crippen molar-refractivity contribution in [1.29, 1.82) is 0 Å². The zero-order chi connectivity index (χ0) is 14.3. The Morgan fingerprint density at radius 3 is 2.74 bits per heavy atom. The number of amides is 1. The van der Waals surface area contributed by atoms with Crippen molar-refractivity contribution in [3.63, 3.8) is 0 Å². The molecule has 0 fully saturated rings. The van der Waals surface area contributed by atoms with E-state index in [1.165, 1.54) is 0 Å². The van der Waals surface area contributed by atoms with Gasteiger partial charge in [0.15, 0.2) is 0 Å². The molecule has 3 N–H and O–H groups in total. The van der Waals surface area contributed by atoms with Gasteiger partial charge >= 0.3 is 0 Å². The molecule has 0 saturated heterocycles. The van der Waals surface area contributed by atoms with Crippen molar-refractivity contribution in [1.82, 2.24) is 0 Å². The number of benzene rings is 1. The SMILES string of the molecule is CSc1cccc(NC(=O)CC(CN)CC(C)C)c1. The third kappa shape index (κ3) is 6.12. The summed E-state index contributed by atoms with van der Waals surface area (Å²) in [6.07, 6.45) is 3.51. The lowest BCUT2D eigenvalue weighted by Crippen LogP contribution is -2.23. The van der Waals surface area contributed by atoms with Gasteiger partial charge in [0, 0.05) is 17.0 Å². The molecule has 0 heterocycles. The topological polar surface area (TPSA) is 55.1 Å². The summed E-state index contributed by atoms with van der Waals surface area (Å²) >= 11 is 1.67. The summed E-state index contributed by atoms with van der Waals surface area (Å²) in [5.74, 6) is 0.888. The molecule has 4 heteroatoms. The molecular weight excluding hydrogens is 256 g/mol. The number of carbonyl (C=O) groups excluding carboxylic acids is 1. The van der Waals surface area contributed by atoms with E-state index in [1.54, 1.807) is 11.8 Å². The molecule has 19 heavy (non-hydrogen) atoms. The average Bonchev–Trinajstić information content (AvgIpc) is 2.37. The van der Waals surface area contributed by atoms with Crippen LogP contribution in [0.2, 0.25) is 0 Å². The summed E-state index contributed by atoms with van der Waals surface area (Å²) in [4.78, 5) is 13.1. The summed E-state index contributed by atoms with van der Waals surface area (Å²) in [7, 11) is 0. The van der Waals surface area contributed by atoms with E-state index >= 15 is 0 Å². The number of thioether (sulfide) groups is 1. The van der Waals surface area contributed by atoms with Crippen LogP contribution in [0.5, 0.6) is 0 Å². The normalized spacial score (nSPS) is 12.5. The lowest BCUT2D eigenvalue weighted by atomic mass is 9.94. The van der Waals surface area contributed by atoms with Crippen LogP contribution in [0.1, 0.15) is 26.7 Å². The summed E-state index contributed by atoms with van der Waals surface area (Å²) in [6.45, 7) is 4.88. The summed E-state index contributed by atoms with van der Waals surface area (Å²) < 4.78 is 0. The van der Waals surface area contributed by atoms with Crippen molar-refractivity contribution >= 4 is 23.4 Å². The van der Waals surface area contributed by atoms with Crippen LogP contribution in [0.4, 0.5) is 5.69 Å². The number of nitrogens with one attached hydrogen (secondary N) is 1. The molecule has 1 atom stereocenters. The number of hydrogen-bond acceptors (Lipinski definition) is 3. The number of carbonyl (C=O) groups is 1. The van der Waals surface area contributed by atoms with Gasteiger partial charge in [-0.15, -0.1) is 11.8 Å². The van der Waals surface area contributed by atoms with Crippen molar-refractivity contribution in [3.8, 4) is 0 Å². The molecule has 1 aromatic carbocycles. The molecule has 0 aliphatic carbocycles. The quantitative estimate of drug-likeness (QED) is 0.753. The van der Waals surface area contributed by atoms with E-state index in [1.807, 2.05) is 30.5 Å². The van der Waals surface area contributed by atoms with Crippen LogP contribution in [0.15, 0.2) is 29.2 Å². The molecule has 1 unspecified atom stereocenters. The molecule has 1 aromatic rings. The minimum Gasteiger partial charge on any atom is -0.330 e. The standard InChI is InChI=1S/C15H24N2OS/c1-11(2)7-12(10-16)8-15(18)17-13-5-4-6-14(9-13)19-3/h4-6,9,11-12H,7-8,10,16H2,1-3H3,(H,17,18). The predicted octanol–water partition coefficient (Wildman–Crippen LogP) is 3.36. The Morgan fingerprint density at radius 1 is 1.42 bits per heavy atom. The monoisotopic (exact) mass is 280 g/mol. The maximum Gasteiger partial charge on any atom is 0.224 e.